The Morgan fingerprint density at radius 2 is 1.79 bits per heavy atom. The lowest BCUT2D eigenvalue weighted by Crippen LogP contribution is -2.51. The van der Waals surface area contributed by atoms with Gasteiger partial charge in [-0.2, -0.15) is 0 Å². The largest absolute Gasteiger partial charge is 0.392 e. The summed E-state index contributed by atoms with van der Waals surface area (Å²) in [6, 6.07) is 8.01. The normalized spacial score (nSPS) is 12.3. The van der Waals surface area contributed by atoms with Crippen molar-refractivity contribution < 1.29 is 9.90 Å². The number of aliphatic hydroxyl groups is 1. The molecule has 0 aromatic heterocycles. The average Bonchev–Trinajstić information content (AvgIpc) is 2.59. The molecule has 0 fully saturated rings. The van der Waals surface area contributed by atoms with Crippen molar-refractivity contribution in [1.29, 1.82) is 0 Å². The van der Waals surface area contributed by atoms with Crippen LogP contribution in [0.5, 0.6) is 0 Å². The third-order valence-electron chi connectivity index (χ3n) is 4.72. The van der Waals surface area contributed by atoms with E-state index in [0.717, 1.165) is 48.3 Å². The van der Waals surface area contributed by atoms with Gasteiger partial charge in [0.15, 0.2) is 0 Å². The number of hydrogen-bond acceptors (Lipinski definition) is 2. The van der Waals surface area contributed by atoms with Crippen molar-refractivity contribution >= 4 is 19.2 Å². The molecule has 1 N–H and O–H groups in total. The molecule has 0 aliphatic heterocycles. The number of nitrogens with zero attached hydrogens (tertiary/aromatic N) is 1. The summed E-state index contributed by atoms with van der Waals surface area (Å²) in [5.41, 5.74) is 0.947. The van der Waals surface area contributed by atoms with Gasteiger partial charge in [-0.15, -0.1) is 0 Å². The van der Waals surface area contributed by atoms with Gasteiger partial charge in [-0.3, -0.25) is 4.79 Å². The maximum Gasteiger partial charge on any atom is 0.245 e. The minimum atomic E-state index is -2.17. The van der Waals surface area contributed by atoms with Gasteiger partial charge < -0.3 is 10.0 Å². The lowest BCUT2D eigenvalue weighted by Gasteiger charge is -2.31. The van der Waals surface area contributed by atoms with E-state index in [1.165, 1.54) is 0 Å². The summed E-state index contributed by atoms with van der Waals surface area (Å²) >= 11 is 0. The Balaban J connectivity index is 3.35. The number of aliphatic hydroxyl groups excluding tert-OH is 1. The molecule has 0 aliphatic rings. The van der Waals surface area contributed by atoms with Crippen LogP contribution < -0.4 is 5.19 Å². The molecule has 4 heteroatoms. The van der Waals surface area contributed by atoms with Crippen molar-refractivity contribution in [3.05, 3.63) is 41.1 Å². The SMILES string of the molecule is CCCC/C=C(\C(=O)N(CC)CC)[Si](C)(C)c1ccccc1CO. The van der Waals surface area contributed by atoms with Crippen molar-refractivity contribution in [3.63, 3.8) is 0 Å². The molecule has 0 bridgehead atoms. The van der Waals surface area contributed by atoms with Crippen molar-refractivity contribution in [1.82, 2.24) is 4.90 Å². The smallest absolute Gasteiger partial charge is 0.245 e. The van der Waals surface area contributed by atoms with Crippen LogP contribution in [0, 0.1) is 0 Å². The van der Waals surface area contributed by atoms with Gasteiger partial charge in [0.25, 0.3) is 0 Å². The summed E-state index contributed by atoms with van der Waals surface area (Å²) in [4.78, 5) is 15.1. The molecule has 0 heterocycles. The molecule has 0 saturated heterocycles. The number of carbonyl (C=O) groups excluding carboxylic acids is 1. The van der Waals surface area contributed by atoms with E-state index < -0.39 is 8.07 Å². The fourth-order valence-electron chi connectivity index (χ4n) is 3.15. The Hall–Kier alpha value is -1.39. The molecule has 1 aromatic rings. The second kappa shape index (κ2) is 9.79. The first-order valence-corrected chi connectivity index (χ1v) is 12.1. The van der Waals surface area contributed by atoms with Gasteiger partial charge in [0.1, 0.15) is 8.07 Å². The van der Waals surface area contributed by atoms with E-state index in [-0.39, 0.29) is 12.5 Å². The number of allylic oxidation sites excluding steroid dienone is 1. The highest BCUT2D eigenvalue weighted by Crippen LogP contribution is 2.21. The maximum absolute atomic E-state index is 13.1. The van der Waals surface area contributed by atoms with Gasteiger partial charge >= 0.3 is 0 Å². The minimum absolute atomic E-state index is 0.0221. The standard InChI is InChI=1S/C20H33NO2Si/c1-6-9-10-15-19(20(23)21(7-2)8-3)24(4,5)18-14-12-11-13-17(18)16-22/h11-15,22H,6-10,16H2,1-5H3/b19-15+. The molecule has 3 nitrogen and oxygen atoms in total. The molecule has 24 heavy (non-hydrogen) atoms. The molecule has 0 saturated carbocycles. The Bertz CT molecular complexity index is 563. The number of hydrogen-bond donors (Lipinski definition) is 1. The third kappa shape index (κ3) is 4.80. The van der Waals surface area contributed by atoms with Crippen molar-refractivity contribution in [2.45, 2.75) is 59.7 Å². The molecule has 0 aliphatic carbocycles. The van der Waals surface area contributed by atoms with E-state index >= 15 is 0 Å². The molecule has 1 rings (SSSR count). The van der Waals surface area contributed by atoms with Crippen LogP contribution in [0.15, 0.2) is 35.5 Å². The van der Waals surface area contributed by atoms with E-state index in [1.807, 2.05) is 36.9 Å². The van der Waals surface area contributed by atoms with Crippen LogP contribution in [0.25, 0.3) is 0 Å². The van der Waals surface area contributed by atoms with E-state index in [1.54, 1.807) is 0 Å². The summed E-state index contributed by atoms with van der Waals surface area (Å²) in [5, 5.41) is 11.9. The monoisotopic (exact) mass is 347 g/mol. The lowest BCUT2D eigenvalue weighted by molar-refractivity contribution is -0.126. The number of likely N-dealkylation sites (N-methyl/N-ethyl adjacent to an activating group) is 1. The molecular formula is C20H33NO2Si. The van der Waals surface area contributed by atoms with Gasteiger partial charge in [-0.1, -0.05) is 63.2 Å². The van der Waals surface area contributed by atoms with E-state index in [9.17, 15) is 9.90 Å². The van der Waals surface area contributed by atoms with Gasteiger partial charge in [-0.05, 0) is 31.0 Å². The minimum Gasteiger partial charge on any atom is -0.392 e. The zero-order valence-corrected chi connectivity index (χ0v) is 16.9. The fraction of sp³-hybridized carbons (Fsp3) is 0.550. The second-order valence-corrected chi connectivity index (χ2v) is 11.0. The van der Waals surface area contributed by atoms with Crippen molar-refractivity contribution in [3.8, 4) is 0 Å². The van der Waals surface area contributed by atoms with Crippen LogP contribution in [-0.2, 0) is 11.4 Å². The average molecular weight is 348 g/mol. The highest BCUT2D eigenvalue weighted by atomic mass is 28.3. The first-order chi connectivity index (χ1) is 11.4. The first kappa shape index (κ1) is 20.7. The number of benzene rings is 1. The highest BCUT2D eigenvalue weighted by Gasteiger charge is 2.35. The molecule has 134 valence electrons. The Kier molecular flexibility index (Phi) is 8.43. The lowest BCUT2D eigenvalue weighted by atomic mass is 10.2. The molecule has 0 atom stereocenters. The zero-order valence-electron chi connectivity index (χ0n) is 15.9. The van der Waals surface area contributed by atoms with Crippen molar-refractivity contribution in [2.75, 3.05) is 13.1 Å². The molecule has 0 unspecified atom stereocenters. The van der Waals surface area contributed by atoms with E-state index in [0.29, 0.717) is 0 Å². The van der Waals surface area contributed by atoms with Gasteiger partial charge in [-0.25, -0.2) is 0 Å². The third-order valence-corrected chi connectivity index (χ3v) is 8.32. The summed E-state index contributed by atoms with van der Waals surface area (Å²) in [5.74, 6) is 0.167. The van der Waals surface area contributed by atoms with Crippen LogP contribution in [0.4, 0.5) is 0 Å². The van der Waals surface area contributed by atoms with Crippen LogP contribution in [-0.4, -0.2) is 37.1 Å². The second-order valence-electron chi connectivity index (χ2n) is 6.68. The zero-order chi connectivity index (χ0) is 18.2. The summed E-state index contributed by atoms with van der Waals surface area (Å²) < 4.78 is 0. The summed E-state index contributed by atoms with van der Waals surface area (Å²) in [6.45, 7) is 12.2. The quantitative estimate of drug-likeness (QED) is 0.421. The number of unbranched alkanes of at least 4 members (excludes halogenated alkanes) is 2. The van der Waals surface area contributed by atoms with Crippen LogP contribution in [0.1, 0.15) is 45.6 Å². The van der Waals surface area contributed by atoms with E-state index in [4.69, 9.17) is 0 Å². The fourth-order valence-corrected chi connectivity index (χ4v) is 6.27. The summed E-state index contributed by atoms with van der Waals surface area (Å²) in [6.07, 6.45) is 5.33. The topological polar surface area (TPSA) is 40.5 Å². The number of rotatable bonds is 9. The molecule has 0 radical (unpaired) electrons. The predicted molar refractivity (Wildman–Crippen MR) is 105 cm³/mol. The maximum atomic E-state index is 13.1. The summed E-state index contributed by atoms with van der Waals surface area (Å²) in [7, 11) is -2.17. The van der Waals surface area contributed by atoms with Gasteiger partial charge in [0.2, 0.25) is 5.91 Å². The highest BCUT2D eigenvalue weighted by molar-refractivity contribution is 6.99. The predicted octanol–water partition coefficient (Wildman–Crippen LogP) is 3.62. The molecule has 1 amide bonds. The van der Waals surface area contributed by atoms with Crippen LogP contribution in [0.3, 0.4) is 0 Å². The molecule has 0 spiro atoms. The van der Waals surface area contributed by atoms with Gasteiger partial charge in [0.05, 0.1) is 6.61 Å². The van der Waals surface area contributed by atoms with E-state index in [2.05, 4.69) is 32.2 Å². The van der Waals surface area contributed by atoms with Crippen molar-refractivity contribution in [2.24, 2.45) is 0 Å². The number of carbonyl (C=O) groups is 1. The van der Waals surface area contributed by atoms with Crippen LogP contribution in [0.2, 0.25) is 13.1 Å². The Morgan fingerprint density at radius 3 is 2.33 bits per heavy atom. The molecule has 1 aromatic carbocycles. The molecular weight excluding hydrogens is 314 g/mol. The Morgan fingerprint density at radius 1 is 1.17 bits per heavy atom. The van der Waals surface area contributed by atoms with Crippen LogP contribution >= 0.6 is 0 Å². The Labute approximate surface area is 148 Å². The van der Waals surface area contributed by atoms with Gasteiger partial charge in [0, 0.05) is 18.3 Å². The number of amides is 1. The first-order valence-electron chi connectivity index (χ1n) is 9.13.